The first-order valence-corrected chi connectivity index (χ1v) is 6.75. The molecular weight excluding hydrogens is 268 g/mol. The van der Waals surface area contributed by atoms with Crippen molar-refractivity contribution in [2.45, 2.75) is 26.9 Å². The van der Waals surface area contributed by atoms with Crippen molar-refractivity contribution >= 4 is 0 Å². The molecule has 0 aliphatic carbocycles. The SMILES string of the molecule is COc1cc(C)cc(Cc2cc(C)cc(CO)c2O)c1O. The molecule has 4 nitrogen and oxygen atoms in total. The van der Waals surface area contributed by atoms with Gasteiger partial charge in [0.1, 0.15) is 5.75 Å². The van der Waals surface area contributed by atoms with Gasteiger partial charge in [0.15, 0.2) is 11.5 Å². The van der Waals surface area contributed by atoms with Crippen molar-refractivity contribution in [1.29, 1.82) is 0 Å². The van der Waals surface area contributed by atoms with E-state index in [0.29, 0.717) is 28.9 Å². The van der Waals surface area contributed by atoms with Crippen LogP contribution in [0.15, 0.2) is 24.3 Å². The lowest BCUT2D eigenvalue weighted by Crippen LogP contribution is -1.97. The van der Waals surface area contributed by atoms with Crippen LogP contribution < -0.4 is 4.74 Å². The third-order valence-electron chi connectivity index (χ3n) is 3.48. The zero-order chi connectivity index (χ0) is 15.6. The Morgan fingerprint density at radius 1 is 0.857 bits per heavy atom. The smallest absolute Gasteiger partial charge is 0.161 e. The molecule has 3 N–H and O–H groups in total. The lowest BCUT2D eigenvalue weighted by atomic mass is 9.97. The molecule has 2 aromatic rings. The van der Waals surface area contributed by atoms with Gasteiger partial charge in [-0.25, -0.2) is 0 Å². The maximum Gasteiger partial charge on any atom is 0.161 e. The fourth-order valence-corrected chi connectivity index (χ4v) is 2.50. The molecule has 21 heavy (non-hydrogen) atoms. The predicted molar refractivity (Wildman–Crippen MR) is 81.0 cm³/mol. The summed E-state index contributed by atoms with van der Waals surface area (Å²) in [5.41, 5.74) is 3.75. The molecule has 0 bridgehead atoms. The van der Waals surface area contributed by atoms with Crippen molar-refractivity contribution in [3.8, 4) is 17.2 Å². The summed E-state index contributed by atoms with van der Waals surface area (Å²) < 4.78 is 5.15. The largest absolute Gasteiger partial charge is 0.507 e. The minimum atomic E-state index is -0.219. The average Bonchev–Trinajstić information content (AvgIpc) is 2.45. The number of aromatic hydroxyl groups is 2. The van der Waals surface area contributed by atoms with E-state index in [9.17, 15) is 15.3 Å². The highest BCUT2D eigenvalue weighted by atomic mass is 16.5. The predicted octanol–water partition coefficient (Wildman–Crippen LogP) is 2.81. The standard InChI is InChI=1S/C17H20O4/c1-10-4-12(16(19)14(6-10)9-18)8-13-5-11(2)7-15(21-3)17(13)20/h4-7,18-20H,8-9H2,1-3H3. The van der Waals surface area contributed by atoms with Crippen LogP contribution in [0, 0.1) is 13.8 Å². The Labute approximate surface area is 124 Å². The Balaban J connectivity index is 2.48. The third kappa shape index (κ3) is 3.11. The van der Waals surface area contributed by atoms with Gasteiger partial charge >= 0.3 is 0 Å². The van der Waals surface area contributed by atoms with E-state index in [1.165, 1.54) is 7.11 Å². The average molecular weight is 288 g/mol. The number of aliphatic hydroxyl groups is 1. The Morgan fingerprint density at radius 3 is 1.95 bits per heavy atom. The first kappa shape index (κ1) is 15.2. The van der Waals surface area contributed by atoms with Crippen molar-refractivity contribution in [2.75, 3.05) is 7.11 Å². The maximum absolute atomic E-state index is 10.2. The van der Waals surface area contributed by atoms with Gasteiger partial charge in [0, 0.05) is 17.5 Å². The quantitative estimate of drug-likeness (QED) is 0.809. The van der Waals surface area contributed by atoms with Crippen LogP contribution in [-0.2, 0) is 13.0 Å². The molecule has 0 aromatic heterocycles. The van der Waals surface area contributed by atoms with Crippen LogP contribution in [-0.4, -0.2) is 22.4 Å². The van der Waals surface area contributed by atoms with Crippen molar-refractivity contribution < 1.29 is 20.1 Å². The molecule has 0 saturated heterocycles. The number of rotatable bonds is 4. The molecule has 0 aliphatic rings. The number of aliphatic hydroxyl groups excluding tert-OH is 1. The van der Waals surface area contributed by atoms with Crippen LogP contribution in [0.4, 0.5) is 0 Å². The van der Waals surface area contributed by atoms with Crippen molar-refractivity contribution in [3.05, 3.63) is 52.1 Å². The molecule has 0 saturated carbocycles. The minimum absolute atomic E-state index is 0.0722. The van der Waals surface area contributed by atoms with Gasteiger partial charge in [-0.1, -0.05) is 23.8 Å². The van der Waals surface area contributed by atoms with Crippen LogP contribution in [0.1, 0.15) is 27.8 Å². The summed E-state index contributed by atoms with van der Waals surface area (Å²) in [6, 6.07) is 7.21. The molecule has 112 valence electrons. The molecule has 0 radical (unpaired) electrons. The number of methoxy groups -OCH3 is 1. The number of benzene rings is 2. The fourth-order valence-electron chi connectivity index (χ4n) is 2.50. The van der Waals surface area contributed by atoms with Gasteiger partial charge in [0.25, 0.3) is 0 Å². The number of hydrogen-bond acceptors (Lipinski definition) is 4. The van der Waals surface area contributed by atoms with Crippen LogP contribution in [0.2, 0.25) is 0 Å². The van der Waals surface area contributed by atoms with Gasteiger partial charge in [-0.2, -0.15) is 0 Å². The first-order chi connectivity index (χ1) is 9.96. The fraction of sp³-hybridized carbons (Fsp3) is 0.294. The second-order valence-corrected chi connectivity index (χ2v) is 5.24. The molecule has 0 unspecified atom stereocenters. The summed E-state index contributed by atoms with van der Waals surface area (Å²) in [7, 11) is 1.51. The number of ether oxygens (including phenoxy) is 1. The van der Waals surface area contributed by atoms with Gasteiger partial charge in [-0.15, -0.1) is 0 Å². The van der Waals surface area contributed by atoms with Crippen LogP contribution in [0.3, 0.4) is 0 Å². The lowest BCUT2D eigenvalue weighted by Gasteiger charge is -2.13. The highest BCUT2D eigenvalue weighted by molar-refractivity contribution is 5.52. The highest BCUT2D eigenvalue weighted by Crippen LogP contribution is 2.35. The molecule has 0 heterocycles. The van der Waals surface area contributed by atoms with E-state index in [2.05, 4.69) is 0 Å². The van der Waals surface area contributed by atoms with Gasteiger partial charge in [-0.3, -0.25) is 0 Å². The Hall–Kier alpha value is -2.20. The molecular formula is C17H20O4. The summed E-state index contributed by atoms with van der Waals surface area (Å²) in [6.45, 7) is 3.60. The van der Waals surface area contributed by atoms with Crippen LogP contribution in [0.25, 0.3) is 0 Å². The summed E-state index contributed by atoms with van der Waals surface area (Å²) in [4.78, 5) is 0. The van der Waals surface area contributed by atoms with Gasteiger partial charge in [0.2, 0.25) is 0 Å². The van der Waals surface area contributed by atoms with Gasteiger partial charge < -0.3 is 20.1 Å². The normalized spacial score (nSPS) is 10.7. The summed E-state index contributed by atoms with van der Waals surface area (Å²) in [5, 5.41) is 29.7. The van der Waals surface area contributed by atoms with Crippen LogP contribution >= 0.6 is 0 Å². The van der Waals surface area contributed by atoms with Gasteiger partial charge in [0.05, 0.1) is 13.7 Å². The van der Waals surface area contributed by atoms with E-state index in [-0.39, 0.29) is 18.1 Å². The molecule has 4 heteroatoms. The molecule has 0 aliphatic heterocycles. The molecule has 0 atom stereocenters. The maximum atomic E-state index is 10.2. The van der Waals surface area contributed by atoms with E-state index in [0.717, 1.165) is 11.1 Å². The second kappa shape index (κ2) is 6.06. The Morgan fingerprint density at radius 2 is 1.38 bits per heavy atom. The van der Waals surface area contributed by atoms with Crippen molar-refractivity contribution in [3.63, 3.8) is 0 Å². The van der Waals surface area contributed by atoms with E-state index in [1.807, 2.05) is 26.0 Å². The van der Waals surface area contributed by atoms with E-state index < -0.39 is 0 Å². The summed E-state index contributed by atoms with van der Waals surface area (Å²) in [5.74, 6) is 0.567. The van der Waals surface area contributed by atoms with Gasteiger partial charge in [-0.05, 0) is 31.0 Å². The number of hydrogen-bond donors (Lipinski definition) is 3. The van der Waals surface area contributed by atoms with E-state index in [4.69, 9.17) is 4.74 Å². The molecule has 0 spiro atoms. The molecule has 2 aromatic carbocycles. The zero-order valence-electron chi connectivity index (χ0n) is 12.5. The topological polar surface area (TPSA) is 69.9 Å². The monoisotopic (exact) mass is 288 g/mol. The Bertz CT molecular complexity index is 605. The number of phenols is 2. The minimum Gasteiger partial charge on any atom is -0.507 e. The number of phenolic OH excluding ortho intramolecular Hbond substituents is 1. The molecule has 2 rings (SSSR count). The van der Waals surface area contributed by atoms with Crippen molar-refractivity contribution in [2.24, 2.45) is 0 Å². The lowest BCUT2D eigenvalue weighted by molar-refractivity contribution is 0.275. The zero-order valence-corrected chi connectivity index (χ0v) is 12.5. The summed E-state index contributed by atoms with van der Waals surface area (Å²) >= 11 is 0. The third-order valence-corrected chi connectivity index (χ3v) is 3.48. The Kier molecular flexibility index (Phi) is 4.38. The van der Waals surface area contributed by atoms with Crippen molar-refractivity contribution in [1.82, 2.24) is 0 Å². The second-order valence-electron chi connectivity index (χ2n) is 5.24. The highest BCUT2D eigenvalue weighted by Gasteiger charge is 2.14. The van der Waals surface area contributed by atoms with E-state index in [1.54, 1.807) is 12.1 Å². The first-order valence-electron chi connectivity index (χ1n) is 6.75. The molecule has 0 fully saturated rings. The van der Waals surface area contributed by atoms with E-state index >= 15 is 0 Å². The molecule has 0 amide bonds. The number of aryl methyl sites for hydroxylation is 2. The van der Waals surface area contributed by atoms with Crippen LogP contribution in [0.5, 0.6) is 17.2 Å². The summed E-state index contributed by atoms with van der Waals surface area (Å²) in [6.07, 6.45) is 0.365.